The fraction of sp³-hybridized carbons (Fsp3) is 0.231. The Bertz CT molecular complexity index is 536. The number of nitrogens with zero attached hydrogens (tertiary/aromatic N) is 3. The molecule has 5 heteroatoms. The Morgan fingerprint density at radius 1 is 1.28 bits per heavy atom. The van der Waals surface area contributed by atoms with Crippen LogP contribution in [0, 0.1) is 6.92 Å². The fourth-order valence-corrected chi connectivity index (χ4v) is 2.17. The van der Waals surface area contributed by atoms with E-state index in [2.05, 4.69) is 51.9 Å². The van der Waals surface area contributed by atoms with Crippen molar-refractivity contribution >= 4 is 33.4 Å². The van der Waals surface area contributed by atoms with E-state index in [1.165, 1.54) is 5.56 Å². The molecule has 2 rings (SSSR count). The number of hydrogen-bond acceptors (Lipinski definition) is 4. The molecule has 0 aliphatic heterocycles. The first-order chi connectivity index (χ1) is 8.60. The van der Waals surface area contributed by atoms with Crippen molar-refractivity contribution in [3.05, 3.63) is 40.5 Å². The van der Waals surface area contributed by atoms with Gasteiger partial charge < -0.3 is 10.6 Å². The number of hydrogen-bond donors (Lipinski definition) is 1. The Balaban J connectivity index is 2.45. The van der Waals surface area contributed by atoms with Gasteiger partial charge in [0.15, 0.2) is 0 Å². The van der Waals surface area contributed by atoms with Crippen LogP contribution in [0.5, 0.6) is 0 Å². The van der Waals surface area contributed by atoms with Crippen LogP contribution in [0.4, 0.5) is 17.5 Å². The largest absolute Gasteiger partial charge is 0.383 e. The molecule has 0 saturated carbocycles. The third-order valence-corrected chi connectivity index (χ3v) is 2.98. The van der Waals surface area contributed by atoms with Crippen LogP contribution in [0.3, 0.4) is 0 Å². The second-order valence-corrected chi connectivity index (χ2v) is 4.81. The summed E-state index contributed by atoms with van der Waals surface area (Å²) in [7, 11) is 0. The van der Waals surface area contributed by atoms with E-state index < -0.39 is 0 Å². The standard InChI is InChI=1S/C13H15BrN4/c1-3-18(10-6-4-5-9(2)7-10)13-16-11(14)8-12(15)17-13/h4-8H,3H2,1-2H3,(H2,15,16,17). The smallest absolute Gasteiger partial charge is 0.232 e. The molecule has 0 spiro atoms. The van der Waals surface area contributed by atoms with Crippen LogP contribution in [0.2, 0.25) is 0 Å². The monoisotopic (exact) mass is 306 g/mol. The predicted molar refractivity (Wildman–Crippen MR) is 78.0 cm³/mol. The molecule has 0 fully saturated rings. The van der Waals surface area contributed by atoms with Crippen LogP contribution in [0.25, 0.3) is 0 Å². The van der Waals surface area contributed by atoms with Gasteiger partial charge in [0.1, 0.15) is 10.4 Å². The van der Waals surface area contributed by atoms with Crippen molar-refractivity contribution in [3.8, 4) is 0 Å². The van der Waals surface area contributed by atoms with E-state index in [4.69, 9.17) is 5.73 Å². The van der Waals surface area contributed by atoms with E-state index in [1.54, 1.807) is 6.07 Å². The molecule has 94 valence electrons. The lowest BCUT2D eigenvalue weighted by atomic mass is 10.2. The van der Waals surface area contributed by atoms with Crippen molar-refractivity contribution in [1.82, 2.24) is 9.97 Å². The topological polar surface area (TPSA) is 55.0 Å². The van der Waals surface area contributed by atoms with Crippen molar-refractivity contribution in [2.45, 2.75) is 13.8 Å². The SMILES string of the molecule is CCN(c1cccc(C)c1)c1nc(N)cc(Br)n1. The van der Waals surface area contributed by atoms with Crippen LogP contribution in [0.15, 0.2) is 34.9 Å². The molecule has 0 aliphatic rings. The highest BCUT2D eigenvalue weighted by molar-refractivity contribution is 9.10. The second-order valence-electron chi connectivity index (χ2n) is 4.00. The number of benzene rings is 1. The molecule has 0 aliphatic carbocycles. The van der Waals surface area contributed by atoms with Crippen molar-refractivity contribution in [2.75, 3.05) is 17.2 Å². The van der Waals surface area contributed by atoms with Gasteiger partial charge in [0.05, 0.1) is 0 Å². The molecule has 1 aromatic carbocycles. The minimum Gasteiger partial charge on any atom is -0.383 e. The maximum absolute atomic E-state index is 5.75. The highest BCUT2D eigenvalue weighted by Crippen LogP contribution is 2.24. The summed E-state index contributed by atoms with van der Waals surface area (Å²) in [6, 6.07) is 9.91. The Kier molecular flexibility index (Phi) is 3.81. The Hall–Kier alpha value is -1.62. The first-order valence-electron chi connectivity index (χ1n) is 5.74. The number of rotatable bonds is 3. The summed E-state index contributed by atoms with van der Waals surface area (Å²) in [6.45, 7) is 4.90. The van der Waals surface area contributed by atoms with Crippen LogP contribution in [-0.2, 0) is 0 Å². The molecule has 1 heterocycles. The number of nitrogens with two attached hydrogens (primary N) is 1. The first-order valence-corrected chi connectivity index (χ1v) is 6.53. The summed E-state index contributed by atoms with van der Waals surface area (Å²) < 4.78 is 0.691. The highest BCUT2D eigenvalue weighted by atomic mass is 79.9. The van der Waals surface area contributed by atoms with Gasteiger partial charge in [0, 0.05) is 18.3 Å². The normalized spacial score (nSPS) is 10.4. The highest BCUT2D eigenvalue weighted by Gasteiger charge is 2.11. The number of halogens is 1. The minimum atomic E-state index is 0.456. The van der Waals surface area contributed by atoms with Crippen LogP contribution in [-0.4, -0.2) is 16.5 Å². The molecule has 1 aromatic heterocycles. The van der Waals surface area contributed by atoms with Crippen molar-refractivity contribution < 1.29 is 0 Å². The molecular formula is C13H15BrN4. The zero-order valence-corrected chi connectivity index (χ0v) is 12.0. The maximum Gasteiger partial charge on any atom is 0.232 e. The van der Waals surface area contributed by atoms with Gasteiger partial charge in [-0.15, -0.1) is 0 Å². The van der Waals surface area contributed by atoms with E-state index in [1.807, 2.05) is 17.0 Å². The van der Waals surface area contributed by atoms with Gasteiger partial charge in [0.25, 0.3) is 0 Å². The lowest BCUT2D eigenvalue weighted by molar-refractivity contribution is 0.942. The predicted octanol–water partition coefficient (Wildman–Crippen LogP) is 3.29. The summed E-state index contributed by atoms with van der Waals surface area (Å²) in [4.78, 5) is 10.7. The molecule has 2 N–H and O–H groups in total. The van der Waals surface area contributed by atoms with E-state index in [0.717, 1.165) is 12.2 Å². The van der Waals surface area contributed by atoms with Crippen LogP contribution in [0.1, 0.15) is 12.5 Å². The van der Waals surface area contributed by atoms with Gasteiger partial charge in [-0.25, -0.2) is 4.98 Å². The fourth-order valence-electron chi connectivity index (χ4n) is 1.78. The molecule has 18 heavy (non-hydrogen) atoms. The van der Waals surface area contributed by atoms with Crippen LogP contribution >= 0.6 is 15.9 Å². The summed E-state index contributed by atoms with van der Waals surface area (Å²) in [5.74, 6) is 1.06. The molecule has 0 radical (unpaired) electrons. The molecule has 0 unspecified atom stereocenters. The molecule has 0 bridgehead atoms. The van der Waals surface area contributed by atoms with Crippen LogP contribution < -0.4 is 10.6 Å². The number of nitrogen functional groups attached to an aromatic ring is 1. The second kappa shape index (κ2) is 5.35. The Morgan fingerprint density at radius 2 is 2.06 bits per heavy atom. The lowest BCUT2D eigenvalue weighted by Crippen LogP contribution is -2.19. The van der Waals surface area contributed by atoms with Gasteiger partial charge >= 0.3 is 0 Å². The van der Waals surface area contributed by atoms with E-state index in [9.17, 15) is 0 Å². The number of anilines is 3. The van der Waals surface area contributed by atoms with Gasteiger partial charge in [-0.2, -0.15) is 4.98 Å². The molecule has 0 atom stereocenters. The van der Waals surface area contributed by atoms with Gasteiger partial charge in [-0.1, -0.05) is 12.1 Å². The summed E-state index contributed by atoms with van der Waals surface area (Å²) in [5.41, 5.74) is 8.02. The number of aryl methyl sites for hydroxylation is 1. The minimum absolute atomic E-state index is 0.456. The third-order valence-electron chi connectivity index (χ3n) is 2.57. The maximum atomic E-state index is 5.75. The average Bonchev–Trinajstić information content (AvgIpc) is 2.28. The van der Waals surface area contributed by atoms with Gasteiger partial charge in [-0.3, -0.25) is 0 Å². The Labute approximate surface area is 115 Å². The quantitative estimate of drug-likeness (QED) is 0.884. The Morgan fingerprint density at radius 3 is 2.67 bits per heavy atom. The molecular weight excluding hydrogens is 292 g/mol. The molecule has 4 nitrogen and oxygen atoms in total. The summed E-state index contributed by atoms with van der Waals surface area (Å²) in [6.07, 6.45) is 0. The van der Waals surface area contributed by atoms with Gasteiger partial charge in [0.2, 0.25) is 5.95 Å². The molecule has 0 amide bonds. The first kappa shape index (κ1) is 12.8. The average molecular weight is 307 g/mol. The van der Waals surface area contributed by atoms with Gasteiger partial charge in [-0.05, 0) is 47.5 Å². The van der Waals surface area contributed by atoms with E-state index in [-0.39, 0.29) is 0 Å². The van der Waals surface area contributed by atoms with E-state index in [0.29, 0.717) is 16.4 Å². The van der Waals surface area contributed by atoms with Crippen molar-refractivity contribution in [3.63, 3.8) is 0 Å². The van der Waals surface area contributed by atoms with Crippen molar-refractivity contribution in [2.24, 2.45) is 0 Å². The zero-order chi connectivity index (χ0) is 13.1. The third kappa shape index (κ3) is 2.79. The lowest BCUT2D eigenvalue weighted by Gasteiger charge is -2.21. The molecule has 2 aromatic rings. The van der Waals surface area contributed by atoms with E-state index >= 15 is 0 Å². The zero-order valence-electron chi connectivity index (χ0n) is 10.4. The van der Waals surface area contributed by atoms with Crippen molar-refractivity contribution in [1.29, 1.82) is 0 Å². The summed E-state index contributed by atoms with van der Waals surface area (Å²) in [5, 5.41) is 0. The summed E-state index contributed by atoms with van der Waals surface area (Å²) >= 11 is 3.34. The number of aromatic nitrogens is 2. The molecule has 0 saturated heterocycles.